The lowest BCUT2D eigenvalue weighted by Gasteiger charge is -2.24. The van der Waals surface area contributed by atoms with Gasteiger partial charge in [0.2, 0.25) is 5.91 Å². The highest BCUT2D eigenvalue weighted by Gasteiger charge is 2.16. The van der Waals surface area contributed by atoms with Crippen LogP contribution in [0.25, 0.3) is 0 Å². The molecule has 9 nitrogen and oxygen atoms in total. The van der Waals surface area contributed by atoms with Gasteiger partial charge in [0.05, 0.1) is 19.2 Å². The Morgan fingerprint density at radius 2 is 1.79 bits per heavy atom. The molecule has 0 radical (unpaired) electrons. The van der Waals surface area contributed by atoms with Crippen molar-refractivity contribution in [3.63, 3.8) is 0 Å². The van der Waals surface area contributed by atoms with Crippen LogP contribution in [0, 0.1) is 12.8 Å². The first-order valence-electron chi connectivity index (χ1n) is 10.8. The number of anilines is 2. The summed E-state index contributed by atoms with van der Waals surface area (Å²) in [6, 6.07) is 12.2. The van der Waals surface area contributed by atoms with Gasteiger partial charge in [0.25, 0.3) is 0 Å². The number of para-hydroxylation sites is 1. The minimum atomic E-state index is -0.863. The maximum atomic E-state index is 12.5. The minimum absolute atomic E-state index is 0.0372. The molecule has 2 rings (SSSR count). The van der Waals surface area contributed by atoms with Gasteiger partial charge in [0.15, 0.2) is 0 Å². The maximum Gasteiger partial charge on any atom is 0.323 e. The fourth-order valence-corrected chi connectivity index (χ4v) is 3.33. The van der Waals surface area contributed by atoms with Crippen molar-refractivity contribution in [2.24, 2.45) is 5.92 Å². The van der Waals surface area contributed by atoms with Gasteiger partial charge in [-0.15, -0.1) is 0 Å². The Kier molecular flexibility index (Phi) is 9.68. The normalized spacial score (nSPS) is 11.5. The highest BCUT2D eigenvalue weighted by Crippen LogP contribution is 2.26. The quantitative estimate of drug-likeness (QED) is 0.383. The molecule has 0 aliphatic carbocycles. The Morgan fingerprint density at radius 1 is 1.09 bits per heavy atom. The van der Waals surface area contributed by atoms with Gasteiger partial charge in [0.1, 0.15) is 5.75 Å². The van der Waals surface area contributed by atoms with Gasteiger partial charge in [0, 0.05) is 25.2 Å². The number of rotatable bonds is 11. The molecule has 0 heterocycles. The Morgan fingerprint density at radius 3 is 2.42 bits per heavy atom. The molecule has 4 N–H and O–H groups in total. The lowest BCUT2D eigenvalue weighted by molar-refractivity contribution is -0.138. The molecule has 178 valence electrons. The Bertz CT molecular complexity index is 979. The fraction of sp³-hybridized carbons (Fsp3) is 0.375. The Balaban J connectivity index is 1.97. The van der Waals surface area contributed by atoms with Gasteiger partial charge in [-0.2, -0.15) is 0 Å². The number of methoxy groups -OCH3 is 1. The zero-order valence-corrected chi connectivity index (χ0v) is 19.5. The number of nitrogens with one attached hydrogen (secondary N) is 3. The maximum absolute atomic E-state index is 12.5. The zero-order chi connectivity index (χ0) is 24.4. The van der Waals surface area contributed by atoms with Crippen LogP contribution in [0.1, 0.15) is 31.4 Å². The Hall–Kier alpha value is -3.59. The van der Waals surface area contributed by atoms with Crippen molar-refractivity contribution in [2.75, 3.05) is 30.8 Å². The van der Waals surface area contributed by atoms with Gasteiger partial charge in [-0.05, 0) is 42.2 Å². The molecule has 2 aromatic rings. The molecule has 0 saturated heterocycles. The van der Waals surface area contributed by atoms with E-state index >= 15 is 0 Å². The molecule has 0 fully saturated rings. The summed E-state index contributed by atoms with van der Waals surface area (Å²) in [7, 11) is 1.49. The van der Waals surface area contributed by atoms with Crippen LogP contribution in [-0.2, 0) is 16.0 Å². The van der Waals surface area contributed by atoms with Crippen LogP contribution >= 0.6 is 0 Å². The van der Waals surface area contributed by atoms with E-state index in [1.807, 2.05) is 45.0 Å². The molecule has 0 aliphatic rings. The van der Waals surface area contributed by atoms with E-state index in [4.69, 9.17) is 9.84 Å². The first kappa shape index (κ1) is 25.7. The molecule has 33 heavy (non-hydrogen) atoms. The summed E-state index contributed by atoms with van der Waals surface area (Å²) in [6.45, 7) is 6.62. The van der Waals surface area contributed by atoms with Gasteiger partial charge in [-0.3, -0.25) is 15.0 Å². The number of aliphatic carboxylic acids is 1. The van der Waals surface area contributed by atoms with E-state index in [1.165, 1.54) is 7.11 Å². The smallest absolute Gasteiger partial charge is 0.323 e. The second kappa shape index (κ2) is 12.4. The largest absolute Gasteiger partial charge is 0.495 e. The van der Waals surface area contributed by atoms with E-state index in [-0.39, 0.29) is 24.7 Å². The molecule has 0 saturated carbocycles. The molecular weight excluding hydrogens is 424 g/mol. The molecule has 0 spiro atoms. The van der Waals surface area contributed by atoms with Crippen molar-refractivity contribution in [1.29, 1.82) is 0 Å². The topological polar surface area (TPSA) is 120 Å². The Labute approximate surface area is 194 Å². The van der Waals surface area contributed by atoms with Crippen molar-refractivity contribution in [2.45, 2.75) is 33.6 Å². The average Bonchev–Trinajstić information content (AvgIpc) is 2.75. The highest BCUT2D eigenvalue weighted by molar-refractivity contribution is 6.01. The molecule has 9 heteroatoms. The predicted molar refractivity (Wildman–Crippen MR) is 127 cm³/mol. The number of carbonyl (C=O) groups excluding carboxylic acids is 2. The molecular formula is C24H32N4O5. The standard InChI is InChI=1S/C24H32N4O5/c1-5-28(15-16(2)12-23(30)31)27-22(29)14-18-10-11-20(21(13-18)33-4)26-24(32)25-19-9-7-6-8-17(19)3/h6-11,13,16H,5,12,14-15H2,1-4H3,(H,27,29)(H,30,31)(H2,25,26,32). The van der Waals surface area contributed by atoms with E-state index in [0.717, 1.165) is 5.56 Å². The molecule has 1 unspecified atom stereocenters. The summed E-state index contributed by atoms with van der Waals surface area (Å²) >= 11 is 0. The molecule has 0 aliphatic heterocycles. The lowest BCUT2D eigenvalue weighted by atomic mass is 10.1. The summed E-state index contributed by atoms with van der Waals surface area (Å²) in [5, 5.41) is 16.2. The van der Waals surface area contributed by atoms with E-state index in [2.05, 4.69) is 16.1 Å². The minimum Gasteiger partial charge on any atom is -0.495 e. The number of hydrazine groups is 1. The van der Waals surface area contributed by atoms with Crippen LogP contribution in [0.3, 0.4) is 0 Å². The van der Waals surface area contributed by atoms with Crippen LogP contribution in [0.5, 0.6) is 5.75 Å². The number of carbonyl (C=O) groups is 3. The number of carboxylic acids is 1. The first-order chi connectivity index (χ1) is 15.7. The van der Waals surface area contributed by atoms with Crippen molar-refractivity contribution in [1.82, 2.24) is 10.4 Å². The number of urea groups is 1. The van der Waals surface area contributed by atoms with E-state index in [0.29, 0.717) is 35.8 Å². The number of carboxylic acid groups (broad SMARTS) is 1. The number of hydrogen-bond donors (Lipinski definition) is 4. The van der Waals surface area contributed by atoms with Crippen molar-refractivity contribution < 1.29 is 24.2 Å². The van der Waals surface area contributed by atoms with E-state index in [1.54, 1.807) is 23.2 Å². The SMILES string of the molecule is CCN(CC(C)CC(=O)O)NC(=O)Cc1ccc(NC(=O)Nc2ccccc2C)c(OC)c1. The van der Waals surface area contributed by atoms with Crippen LogP contribution < -0.4 is 20.8 Å². The molecule has 0 bridgehead atoms. The molecule has 1 atom stereocenters. The van der Waals surface area contributed by atoms with Crippen LogP contribution in [0.4, 0.5) is 16.2 Å². The van der Waals surface area contributed by atoms with Gasteiger partial charge in [-0.25, -0.2) is 9.80 Å². The summed E-state index contributed by atoms with van der Waals surface area (Å²) in [5.41, 5.74) is 5.66. The molecule has 3 amide bonds. The van der Waals surface area contributed by atoms with Crippen LogP contribution in [-0.4, -0.2) is 48.2 Å². The third kappa shape index (κ3) is 8.46. The summed E-state index contributed by atoms with van der Waals surface area (Å²) in [4.78, 5) is 35.7. The summed E-state index contributed by atoms with van der Waals surface area (Å²) in [5.74, 6) is -0.751. The van der Waals surface area contributed by atoms with Crippen molar-refractivity contribution in [3.05, 3.63) is 53.6 Å². The zero-order valence-electron chi connectivity index (χ0n) is 19.5. The van der Waals surface area contributed by atoms with Crippen molar-refractivity contribution >= 4 is 29.3 Å². The first-order valence-corrected chi connectivity index (χ1v) is 10.8. The van der Waals surface area contributed by atoms with E-state index < -0.39 is 12.0 Å². The number of benzene rings is 2. The predicted octanol–water partition coefficient (Wildman–Crippen LogP) is 3.65. The molecule has 2 aromatic carbocycles. The third-order valence-electron chi connectivity index (χ3n) is 4.99. The van der Waals surface area contributed by atoms with Gasteiger partial charge >= 0.3 is 12.0 Å². The van der Waals surface area contributed by atoms with E-state index in [9.17, 15) is 14.4 Å². The average molecular weight is 457 g/mol. The lowest BCUT2D eigenvalue weighted by Crippen LogP contribution is -2.45. The molecule has 0 aromatic heterocycles. The highest BCUT2D eigenvalue weighted by atomic mass is 16.5. The van der Waals surface area contributed by atoms with Gasteiger partial charge in [-0.1, -0.05) is 38.1 Å². The van der Waals surface area contributed by atoms with Crippen molar-refractivity contribution in [3.8, 4) is 5.75 Å². The number of amides is 3. The monoisotopic (exact) mass is 456 g/mol. The van der Waals surface area contributed by atoms with Crippen LogP contribution in [0.15, 0.2) is 42.5 Å². The number of aryl methyl sites for hydroxylation is 1. The van der Waals surface area contributed by atoms with Gasteiger partial charge < -0.3 is 20.5 Å². The number of nitrogens with zero attached hydrogens (tertiary/aromatic N) is 1. The summed E-state index contributed by atoms with van der Waals surface area (Å²) in [6.07, 6.45) is 0.144. The fourth-order valence-electron chi connectivity index (χ4n) is 3.33. The summed E-state index contributed by atoms with van der Waals surface area (Å²) < 4.78 is 5.39. The number of ether oxygens (including phenoxy) is 1. The number of hydrogen-bond acceptors (Lipinski definition) is 5. The van der Waals surface area contributed by atoms with Crippen LogP contribution in [0.2, 0.25) is 0 Å². The second-order valence-electron chi connectivity index (χ2n) is 7.88. The third-order valence-corrected chi connectivity index (χ3v) is 4.99. The second-order valence-corrected chi connectivity index (χ2v) is 7.88.